The predicted molar refractivity (Wildman–Crippen MR) is 89.9 cm³/mol. The monoisotopic (exact) mass is 364 g/mol. The van der Waals surface area contributed by atoms with Crippen LogP contribution in [0.15, 0.2) is 27.9 Å². The minimum Gasteiger partial charge on any atom is -0.361 e. The van der Waals surface area contributed by atoms with Crippen molar-refractivity contribution in [1.29, 1.82) is 0 Å². The number of halogens is 2. The summed E-state index contributed by atoms with van der Waals surface area (Å²) in [5.74, 6) is 1.96. The topological polar surface area (TPSA) is 64.2 Å². The van der Waals surface area contributed by atoms with Crippen LogP contribution in [-0.4, -0.2) is 32.7 Å². The summed E-state index contributed by atoms with van der Waals surface area (Å²) in [5.41, 5.74) is 0.325. The van der Waals surface area contributed by atoms with E-state index in [-0.39, 0.29) is 0 Å². The van der Waals surface area contributed by atoms with Crippen LogP contribution in [0.5, 0.6) is 0 Å². The molecule has 0 radical (unpaired) electrons. The van der Waals surface area contributed by atoms with Crippen LogP contribution in [0.1, 0.15) is 55.0 Å². The highest BCUT2D eigenvalue weighted by Gasteiger charge is 2.31. The molecule has 0 amide bonds. The summed E-state index contributed by atoms with van der Waals surface area (Å²) < 4.78 is 32.0. The Kier molecular flexibility index (Phi) is 4.84. The predicted octanol–water partition coefficient (Wildman–Crippen LogP) is 2.96. The fourth-order valence-corrected chi connectivity index (χ4v) is 3.61. The number of likely N-dealkylation sites (tertiary alicyclic amines) is 1. The van der Waals surface area contributed by atoms with Gasteiger partial charge in [-0.25, -0.2) is 13.8 Å². The number of aromatic nitrogens is 3. The molecule has 1 aliphatic heterocycles. The lowest BCUT2D eigenvalue weighted by atomic mass is 9.96. The zero-order valence-electron chi connectivity index (χ0n) is 14.5. The Hall–Kier alpha value is -2.09. The molecule has 2 aliphatic rings. The van der Waals surface area contributed by atoms with Crippen molar-refractivity contribution < 1.29 is 13.3 Å². The summed E-state index contributed by atoms with van der Waals surface area (Å²) in [5, 5.41) is 3.95. The molecule has 0 N–H and O–H groups in total. The number of alkyl halides is 2. The van der Waals surface area contributed by atoms with Gasteiger partial charge in [0.15, 0.2) is 0 Å². The number of piperidine rings is 1. The quantitative estimate of drug-likeness (QED) is 0.789. The highest BCUT2D eigenvalue weighted by molar-refractivity contribution is 5.21. The molecule has 0 bridgehead atoms. The van der Waals surface area contributed by atoms with Gasteiger partial charge in [-0.2, -0.15) is 0 Å². The molecule has 26 heavy (non-hydrogen) atoms. The fourth-order valence-electron chi connectivity index (χ4n) is 3.61. The first kappa shape index (κ1) is 17.3. The second-order valence-electron chi connectivity index (χ2n) is 7.31. The van der Waals surface area contributed by atoms with Crippen LogP contribution in [0, 0.1) is 5.92 Å². The summed E-state index contributed by atoms with van der Waals surface area (Å²) in [6.07, 6.45) is 4.68. The average Bonchev–Trinajstić information content (AvgIpc) is 3.37. The van der Waals surface area contributed by atoms with Gasteiger partial charge in [0.05, 0.1) is 12.5 Å². The number of nitrogens with zero attached hydrogens (tertiary/aromatic N) is 4. The summed E-state index contributed by atoms with van der Waals surface area (Å²) >= 11 is 0. The highest BCUT2D eigenvalue weighted by Crippen LogP contribution is 2.42. The van der Waals surface area contributed by atoms with E-state index in [0.29, 0.717) is 18.4 Å². The molecule has 0 aromatic carbocycles. The van der Waals surface area contributed by atoms with Crippen molar-refractivity contribution in [1.82, 2.24) is 19.6 Å². The molecule has 1 saturated carbocycles. The van der Waals surface area contributed by atoms with E-state index in [1.165, 1.54) is 29.3 Å². The zero-order valence-corrected chi connectivity index (χ0v) is 14.5. The molecule has 0 spiro atoms. The Morgan fingerprint density at radius 1 is 1.23 bits per heavy atom. The van der Waals surface area contributed by atoms with E-state index in [1.54, 1.807) is 0 Å². The lowest BCUT2D eigenvalue weighted by molar-refractivity contribution is 0.144. The van der Waals surface area contributed by atoms with Crippen LogP contribution in [0.2, 0.25) is 0 Å². The molecule has 1 aliphatic carbocycles. The van der Waals surface area contributed by atoms with Gasteiger partial charge in [0.1, 0.15) is 11.5 Å². The van der Waals surface area contributed by atoms with Crippen LogP contribution < -0.4 is 5.56 Å². The maximum atomic E-state index is 12.6. The molecule has 1 saturated heterocycles. The number of rotatable bonds is 6. The van der Waals surface area contributed by atoms with Gasteiger partial charge in [-0.3, -0.25) is 14.3 Å². The largest absolute Gasteiger partial charge is 0.361 e. The van der Waals surface area contributed by atoms with Crippen LogP contribution in [0.4, 0.5) is 8.78 Å². The van der Waals surface area contributed by atoms with Gasteiger partial charge in [0, 0.05) is 30.6 Å². The van der Waals surface area contributed by atoms with E-state index < -0.39 is 17.7 Å². The van der Waals surface area contributed by atoms with Gasteiger partial charge < -0.3 is 4.52 Å². The maximum Gasteiger partial charge on any atom is 0.280 e. The highest BCUT2D eigenvalue weighted by atomic mass is 19.3. The van der Waals surface area contributed by atoms with Crippen LogP contribution in [0.25, 0.3) is 0 Å². The van der Waals surface area contributed by atoms with Gasteiger partial charge in [-0.05, 0) is 44.7 Å². The molecule has 0 unspecified atom stereocenters. The second kappa shape index (κ2) is 7.26. The lowest BCUT2D eigenvalue weighted by Crippen LogP contribution is -2.36. The van der Waals surface area contributed by atoms with Crippen LogP contribution in [0.3, 0.4) is 0 Å². The molecular formula is C18H22F2N4O2. The van der Waals surface area contributed by atoms with E-state index in [4.69, 9.17) is 4.52 Å². The Bertz CT molecular complexity index is 808. The Balaban J connectivity index is 1.31. The van der Waals surface area contributed by atoms with E-state index in [1.807, 2.05) is 6.20 Å². The summed E-state index contributed by atoms with van der Waals surface area (Å²) in [4.78, 5) is 18.0. The molecule has 8 heteroatoms. The summed E-state index contributed by atoms with van der Waals surface area (Å²) in [6.45, 7) is 3.27. The molecule has 0 atom stereocenters. The van der Waals surface area contributed by atoms with Crippen LogP contribution >= 0.6 is 0 Å². The molecule has 2 fully saturated rings. The smallest absolute Gasteiger partial charge is 0.280 e. The van der Waals surface area contributed by atoms with Crippen LogP contribution in [-0.2, 0) is 13.1 Å². The Morgan fingerprint density at radius 3 is 2.65 bits per heavy atom. The van der Waals surface area contributed by atoms with Crippen molar-refractivity contribution in [3.8, 4) is 0 Å². The first-order valence-electron chi connectivity index (χ1n) is 9.10. The van der Waals surface area contributed by atoms with Gasteiger partial charge in [-0.1, -0.05) is 5.16 Å². The third-order valence-corrected chi connectivity index (χ3v) is 5.30. The van der Waals surface area contributed by atoms with Crippen molar-refractivity contribution in [3.63, 3.8) is 0 Å². The molecule has 6 nitrogen and oxygen atoms in total. The van der Waals surface area contributed by atoms with E-state index >= 15 is 0 Å². The standard InChI is InChI=1S/C18H22F2N4O2/c19-18(20)15-7-16(25)24(11-21-15)9-12-3-5-23(6-4-12)10-14-8-22-26-17(14)13-1-2-13/h7-8,11-13,18H,1-6,9-10H2. The number of hydrogen-bond acceptors (Lipinski definition) is 5. The van der Waals surface area contributed by atoms with Gasteiger partial charge in [0.2, 0.25) is 0 Å². The van der Waals surface area contributed by atoms with Gasteiger partial charge in [0.25, 0.3) is 12.0 Å². The summed E-state index contributed by atoms with van der Waals surface area (Å²) in [6, 6.07) is 0.936. The van der Waals surface area contributed by atoms with Crippen molar-refractivity contribution >= 4 is 0 Å². The first-order valence-corrected chi connectivity index (χ1v) is 9.10. The van der Waals surface area contributed by atoms with Gasteiger partial charge in [-0.15, -0.1) is 0 Å². The lowest BCUT2D eigenvalue weighted by Gasteiger charge is -2.32. The minimum absolute atomic E-state index is 0.355. The molecule has 140 valence electrons. The van der Waals surface area contributed by atoms with Gasteiger partial charge >= 0.3 is 0 Å². The maximum absolute atomic E-state index is 12.6. The zero-order chi connectivity index (χ0) is 18.1. The normalized spacial score (nSPS) is 19.3. The summed E-state index contributed by atoms with van der Waals surface area (Å²) in [7, 11) is 0. The van der Waals surface area contributed by atoms with Crippen molar-refractivity contribution in [2.45, 2.75) is 51.1 Å². The average molecular weight is 364 g/mol. The van der Waals surface area contributed by atoms with E-state index in [2.05, 4.69) is 15.0 Å². The van der Waals surface area contributed by atoms with Crippen molar-refractivity contribution in [2.24, 2.45) is 5.92 Å². The number of hydrogen-bond donors (Lipinski definition) is 0. The molecule has 2 aromatic rings. The van der Waals surface area contributed by atoms with Crippen molar-refractivity contribution in [2.75, 3.05) is 13.1 Å². The van der Waals surface area contributed by atoms with E-state index in [9.17, 15) is 13.6 Å². The molecule has 2 aromatic heterocycles. The Labute approximate surface area is 149 Å². The minimum atomic E-state index is -2.71. The first-order chi connectivity index (χ1) is 12.6. The second-order valence-corrected chi connectivity index (χ2v) is 7.31. The Morgan fingerprint density at radius 2 is 2.00 bits per heavy atom. The third-order valence-electron chi connectivity index (χ3n) is 5.30. The molecule has 3 heterocycles. The molecular weight excluding hydrogens is 342 g/mol. The van der Waals surface area contributed by atoms with Crippen molar-refractivity contribution in [3.05, 3.63) is 46.0 Å². The SMILES string of the molecule is O=c1cc(C(F)F)ncn1CC1CCN(Cc2cnoc2C2CC2)CC1. The molecule has 4 rings (SSSR count). The third kappa shape index (κ3) is 3.85. The fraction of sp³-hybridized carbons (Fsp3) is 0.611. The van der Waals surface area contributed by atoms with E-state index in [0.717, 1.165) is 44.3 Å².